The predicted octanol–water partition coefficient (Wildman–Crippen LogP) is 1.33. The summed E-state index contributed by atoms with van der Waals surface area (Å²) in [7, 11) is 0. The molecule has 14 heavy (non-hydrogen) atoms. The first kappa shape index (κ1) is 11.6. The Morgan fingerprint density at radius 3 is 2.79 bits per heavy atom. The van der Waals surface area contributed by atoms with Crippen molar-refractivity contribution in [2.75, 3.05) is 19.6 Å². The summed E-state index contributed by atoms with van der Waals surface area (Å²) in [6.45, 7) is 9.90. The second-order valence-electron chi connectivity index (χ2n) is 4.62. The lowest BCUT2D eigenvalue weighted by Gasteiger charge is -2.36. The van der Waals surface area contributed by atoms with Crippen LogP contribution in [-0.2, 0) is 0 Å². The topological polar surface area (TPSA) is 15.3 Å². The summed E-state index contributed by atoms with van der Waals surface area (Å²) in [6.07, 6.45) is 6.68. The van der Waals surface area contributed by atoms with Gasteiger partial charge in [-0.3, -0.25) is 4.90 Å². The van der Waals surface area contributed by atoms with E-state index in [9.17, 15) is 0 Å². The molecule has 0 bridgehead atoms. The van der Waals surface area contributed by atoms with Crippen molar-refractivity contribution in [1.82, 2.24) is 10.2 Å². The van der Waals surface area contributed by atoms with Crippen LogP contribution in [-0.4, -0.2) is 36.6 Å². The lowest BCUT2D eigenvalue weighted by molar-refractivity contribution is 0.168. The maximum absolute atomic E-state index is 5.44. The minimum atomic E-state index is 0.284. The van der Waals surface area contributed by atoms with Crippen molar-refractivity contribution in [2.45, 2.75) is 39.3 Å². The van der Waals surface area contributed by atoms with Crippen LogP contribution in [0.15, 0.2) is 0 Å². The highest BCUT2D eigenvalue weighted by Gasteiger charge is 2.22. The molecule has 2 unspecified atom stereocenters. The van der Waals surface area contributed by atoms with Gasteiger partial charge in [0.2, 0.25) is 0 Å². The van der Waals surface area contributed by atoms with E-state index in [2.05, 4.69) is 36.9 Å². The van der Waals surface area contributed by atoms with Gasteiger partial charge in [0, 0.05) is 25.7 Å². The molecule has 0 aromatic heterocycles. The first-order valence-corrected chi connectivity index (χ1v) is 5.57. The zero-order valence-corrected chi connectivity index (χ0v) is 9.59. The van der Waals surface area contributed by atoms with E-state index in [0.717, 1.165) is 25.6 Å². The van der Waals surface area contributed by atoms with Crippen LogP contribution in [0.3, 0.4) is 0 Å². The van der Waals surface area contributed by atoms with E-state index in [1.54, 1.807) is 0 Å². The van der Waals surface area contributed by atoms with Crippen LogP contribution in [0, 0.1) is 18.3 Å². The summed E-state index contributed by atoms with van der Waals surface area (Å²) in [5, 5.41) is 3.55. The third-order valence-corrected chi connectivity index (χ3v) is 2.83. The van der Waals surface area contributed by atoms with Gasteiger partial charge in [0.25, 0.3) is 0 Å². The zero-order chi connectivity index (χ0) is 10.6. The quantitative estimate of drug-likeness (QED) is 0.682. The summed E-state index contributed by atoms with van der Waals surface area (Å²) in [6, 6.07) is 0.909. The highest BCUT2D eigenvalue weighted by Crippen LogP contribution is 2.11. The van der Waals surface area contributed by atoms with Gasteiger partial charge in [0.15, 0.2) is 0 Å². The van der Waals surface area contributed by atoms with Crippen molar-refractivity contribution in [2.24, 2.45) is 5.92 Å². The van der Waals surface area contributed by atoms with Gasteiger partial charge >= 0.3 is 0 Å². The van der Waals surface area contributed by atoms with Crippen molar-refractivity contribution in [3.8, 4) is 12.3 Å². The normalized spacial score (nSPS) is 26.1. The molecule has 1 saturated heterocycles. The van der Waals surface area contributed by atoms with Gasteiger partial charge in [-0.05, 0) is 19.3 Å². The number of rotatable bonds is 3. The van der Waals surface area contributed by atoms with Crippen molar-refractivity contribution < 1.29 is 0 Å². The molecular weight excluding hydrogens is 172 g/mol. The lowest BCUT2D eigenvalue weighted by atomic mass is 10.0. The summed E-state index contributed by atoms with van der Waals surface area (Å²) < 4.78 is 0. The Balaban J connectivity index is 2.40. The van der Waals surface area contributed by atoms with Crippen LogP contribution in [0.1, 0.15) is 27.2 Å². The molecule has 1 aliphatic rings. The highest BCUT2D eigenvalue weighted by atomic mass is 15.2. The van der Waals surface area contributed by atoms with E-state index in [0.29, 0.717) is 6.04 Å². The minimum absolute atomic E-state index is 0.284. The molecule has 2 heteroatoms. The Kier molecular flexibility index (Phi) is 4.44. The van der Waals surface area contributed by atoms with Gasteiger partial charge in [0.1, 0.15) is 0 Å². The number of piperazine rings is 1. The molecule has 0 saturated carbocycles. The van der Waals surface area contributed by atoms with Crippen LogP contribution in [0.4, 0.5) is 0 Å². The number of terminal acetylenes is 1. The summed E-state index contributed by atoms with van der Waals surface area (Å²) in [5.74, 6) is 3.56. The highest BCUT2D eigenvalue weighted by molar-refractivity contribution is 4.99. The molecule has 1 heterocycles. The Bertz CT molecular complexity index is 205. The monoisotopic (exact) mass is 194 g/mol. The third kappa shape index (κ3) is 3.32. The maximum atomic E-state index is 5.44. The van der Waals surface area contributed by atoms with Crippen LogP contribution in [0.5, 0.6) is 0 Å². The Labute approximate surface area is 88.1 Å². The van der Waals surface area contributed by atoms with Gasteiger partial charge in [-0.25, -0.2) is 0 Å². The largest absolute Gasteiger partial charge is 0.311 e. The predicted molar refractivity (Wildman–Crippen MR) is 61.1 cm³/mol. The molecule has 0 aromatic carbocycles. The first-order chi connectivity index (χ1) is 6.63. The molecule has 80 valence electrons. The Morgan fingerprint density at radius 2 is 2.21 bits per heavy atom. The van der Waals surface area contributed by atoms with E-state index in [4.69, 9.17) is 6.42 Å². The molecule has 1 fully saturated rings. The van der Waals surface area contributed by atoms with Gasteiger partial charge < -0.3 is 5.32 Å². The van der Waals surface area contributed by atoms with Crippen molar-refractivity contribution in [3.05, 3.63) is 0 Å². The number of nitrogens with one attached hydrogen (secondary N) is 1. The average molecular weight is 194 g/mol. The summed E-state index contributed by atoms with van der Waals surface area (Å²) >= 11 is 0. The molecule has 2 nitrogen and oxygen atoms in total. The number of nitrogens with zero attached hydrogens (tertiary/aromatic N) is 1. The standard InChI is InChI=1S/C12H22N2/c1-5-11(4)14-7-6-13-12(9-14)8-10(2)3/h1,10-13H,6-9H2,2-4H3. The molecule has 0 aliphatic carbocycles. The molecule has 1 rings (SSSR count). The summed E-state index contributed by atoms with van der Waals surface area (Å²) in [5.41, 5.74) is 0. The molecule has 0 aromatic rings. The van der Waals surface area contributed by atoms with Crippen molar-refractivity contribution >= 4 is 0 Å². The van der Waals surface area contributed by atoms with Crippen LogP contribution in [0.25, 0.3) is 0 Å². The van der Waals surface area contributed by atoms with Gasteiger partial charge in [-0.1, -0.05) is 19.8 Å². The molecule has 0 amide bonds. The third-order valence-electron chi connectivity index (χ3n) is 2.83. The van der Waals surface area contributed by atoms with E-state index < -0.39 is 0 Å². The smallest absolute Gasteiger partial charge is 0.0684 e. The Morgan fingerprint density at radius 1 is 1.50 bits per heavy atom. The molecule has 2 atom stereocenters. The fourth-order valence-corrected chi connectivity index (χ4v) is 2.04. The van der Waals surface area contributed by atoms with Crippen LogP contribution < -0.4 is 5.32 Å². The number of hydrogen-bond acceptors (Lipinski definition) is 2. The first-order valence-electron chi connectivity index (χ1n) is 5.57. The van der Waals surface area contributed by atoms with E-state index >= 15 is 0 Å². The SMILES string of the molecule is C#CC(C)N1CCNC(CC(C)C)C1. The summed E-state index contributed by atoms with van der Waals surface area (Å²) in [4.78, 5) is 2.39. The molecule has 1 aliphatic heterocycles. The molecule has 1 N–H and O–H groups in total. The zero-order valence-electron chi connectivity index (χ0n) is 9.59. The van der Waals surface area contributed by atoms with E-state index in [1.807, 2.05) is 0 Å². The van der Waals surface area contributed by atoms with Gasteiger partial charge in [-0.15, -0.1) is 6.42 Å². The maximum Gasteiger partial charge on any atom is 0.0684 e. The number of hydrogen-bond donors (Lipinski definition) is 1. The van der Waals surface area contributed by atoms with Gasteiger partial charge in [0.05, 0.1) is 6.04 Å². The Hall–Kier alpha value is -0.520. The van der Waals surface area contributed by atoms with Gasteiger partial charge in [-0.2, -0.15) is 0 Å². The van der Waals surface area contributed by atoms with E-state index in [1.165, 1.54) is 6.42 Å². The fourth-order valence-electron chi connectivity index (χ4n) is 2.04. The lowest BCUT2D eigenvalue weighted by Crippen LogP contribution is -2.53. The van der Waals surface area contributed by atoms with Crippen molar-refractivity contribution in [3.63, 3.8) is 0 Å². The second kappa shape index (κ2) is 5.38. The van der Waals surface area contributed by atoms with Crippen LogP contribution >= 0.6 is 0 Å². The second-order valence-corrected chi connectivity index (χ2v) is 4.62. The van der Waals surface area contributed by atoms with Crippen molar-refractivity contribution in [1.29, 1.82) is 0 Å². The minimum Gasteiger partial charge on any atom is -0.311 e. The average Bonchev–Trinajstić information content (AvgIpc) is 2.16. The molecular formula is C12H22N2. The van der Waals surface area contributed by atoms with Crippen LogP contribution in [0.2, 0.25) is 0 Å². The van der Waals surface area contributed by atoms with E-state index in [-0.39, 0.29) is 6.04 Å². The molecule has 0 spiro atoms. The fraction of sp³-hybridized carbons (Fsp3) is 0.833. The molecule has 0 radical (unpaired) electrons.